The van der Waals surface area contributed by atoms with E-state index in [1.165, 1.54) is 0 Å². The van der Waals surface area contributed by atoms with E-state index in [0.717, 1.165) is 18.2 Å². The van der Waals surface area contributed by atoms with Crippen LogP contribution >= 0.6 is 11.6 Å². The van der Waals surface area contributed by atoms with E-state index in [2.05, 4.69) is 0 Å². The van der Waals surface area contributed by atoms with Crippen molar-refractivity contribution >= 4 is 23.5 Å². The van der Waals surface area contributed by atoms with Gasteiger partial charge in [0.25, 0.3) is 5.91 Å². The summed E-state index contributed by atoms with van der Waals surface area (Å²) in [5.74, 6) is -3.20. The van der Waals surface area contributed by atoms with Crippen LogP contribution < -0.4 is 0 Å². The second kappa shape index (κ2) is 6.00. The molecule has 0 aromatic heterocycles. The molecular weight excluding hydrogens is 303 g/mol. The Labute approximate surface area is 116 Å². The third kappa shape index (κ3) is 4.61. The van der Waals surface area contributed by atoms with Gasteiger partial charge in [-0.05, 0) is 18.2 Å². The number of phenols is 1. The minimum atomic E-state index is -4.76. The van der Waals surface area contributed by atoms with E-state index < -0.39 is 36.7 Å². The molecule has 2 N–H and O–H groups in total. The van der Waals surface area contributed by atoms with Gasteiger partial charge in [-0.25, -0.2) is 0 Å². The fourth-order valence-electron chi connectivity index (χ4n) is 1.43. The highest BCUT2D eigenvalue weighted by molar-refractivity contribution is 6.33. The largest absolute Gasteiger partial charge is 0.508 e. The molecule has 20 heavy (non-hydrogen) atoms. The van der Waals surface area contributed by atoms with Gasteiger partial charge in [0.05, 0.1) is 10.6 Å². The van der Waals surface area contributed by atoms with Crippen LogP contribution in [0.15, 0.2) is 18.2 Å². The van der Waals surface area contributed by atoms with E-state index in [-0.39, 0.29) is 15.7 Å². The molecule has 0 atom stereocenters. The Balaban J connectivity index is 3.09. The van der Waals surface area contributed by atoms with Crippen LogP contribution in [0.2, 0.25) is 5.02 Å². The molecule has 0 unspecified atom stereocenters. The van der Waals surface area contributed by atoms with Gasteiger partial charge in [0.1, 0.15) is 18.8 Å². The highest BCUT2D eigenvalue weighted by Gasteiger charge is 2.34. The van der Waals surface area contributed by atoms with E-state index in [9.17, 15) is 27.9 Å². The zero-order valence-electron chi connectivity index (χ0n) is 9.82. The molecule has 1 aromatic rings. The van der Waals surface area contributed by atoms with Gasteiger partial charge in [0.2, 0.25) is 0 Å². The number of carbonyl (C=O) groups excluding carboxylic acids is 1. The molecule has 110 valence electrons. The number of alkyl halides is 3. The predicted octanol–water partition coefficient (Wildman–Crippen LogP) is 2.13. The summed E-state index contributed by atoms with van der Waals surface area (Å²) in [5.41, 5.74) is -0.405. The number of aromatic hydroxyl groups is 1. The summed E-state index contributed by atoms with van der Waals surface area (Å²) in [4.78, 5) is 22.5. The average Bonchev–Trinajstić information content (AvgIpc) is 2.28. The number of hydrogen-bond donors (Lipinski definition) is 2. The molecule has 5 nitrogen and oxygen atoms in total. The Bertz CT molecular complexity index is 533. The predicted molar refractivity (Wildman–Crippen MR) is 62.7 cm³/mol. The van der Waals surface area contributed by atoms with Gasteiger partial charge in [-0.3, -0.25) is 9.59 Å². The average molecular weight is 312 g/mol. The summed E-state index contributed by atoms with van der Waals surface area (Å²) in [6.45, 7) is -2.87. The van der Waals surface area contributed by atoms with Gasteiger partial charge in [-0.1, -0.05) is 11.6 Å². The van der Waals surface area contributed by atoms with Gasteiger partial charge in [0.15, 0.2) is 0 Å². The van der Waals surface area contributed by atoms with Gasteiger partial charge < -0.3 is 15.1 Å². The van der Waals surface area contributed by atoms with E-state index in [1.54, 1.807) is 0 Å². The Morgan fingerprint density at radius 1 is 1.30 bits per heavy atom. The summed E-state index contributed by atoms with van der Waals surface area (Å²) in [5, 5.41) is 17.6. The van der Waals surface area contributed by atoms with E-state index in [1.807, 2.05) is 0 Å². The van der Waals surface area contributed by atoms with Crippen LogP contribution in [-0.2, 0) is 4.79 Å². The summed E-state index contributed by atoms with van der Waals surface area (Å²) in [6.07, 6.45) is -4.76. The first-order chi connectivity index (χ1) is 9.10. The van der Waals surface area contributed by atoms with E-state index in [0.29, 0.717) is 0 Å². The molecule has 9 heteroatoms. The fraction of sp³-hybridized carbons (Fsp3) is 0.273. The number of halogens is 4. The number of nitrogens with zero attached hydrogens (tertiary/aromatic N) is 1. The minimum Gasteiger partial charge on any atom is -0.508 e. The lowest BCUT2D eigenvalue weighted by Gasteiger charge is -2.22. The highest BCUT2D eigenvalue weighted by atomic mass is 35.5. The Kier molecular flexibility index (Phi) is 4.83. The summed E-state index contributed by atoms with van der Waals surface area (Å²) < 4.78 is 37.0. The first-order valence-electron chi connectivity index (χ1n) is 5.16. The normalized spacial score (nSPS) is 11.2. The maximum Gasteiger partial charge on any atom is 0.406 e. The first kappa shape index (κ1) is 16.1. The molecule has 1 rings (SSSR count). The molecular formula is C11H9ClF3NO4. The van der Waals surface area contributed by atoms with Crippen LogP contribution in [0.3, 0.4) is 0 Å². The van der Waals surface area contributed by atoms with E-state index >= 15 is 0 Å². The summed E-state index contributed by atoms with van der Waals surface area (Å²) in [7, 11) is 0. The topological polar surface area (TPSA) is 77.8 Å². The molecule has 0 bridgehead atoms. The van der Waals surface area contributed by atoms with Crippen LogP contribution in [0.1, 0.15) is 10.4 Å². The second-order valence-corrected chi connectivity index (χ2v) is 4.24. The molecule has 0 aliphatic rings. The van der Waals surface area contributed by atoms with Crippen LogP contribution in [-0.4, -0.2) is 46.3 Å². The van der Waals surface area contributed by atoms with Crippen molar-refractivity contribution in [1.29, 1.82) is 0 Å². The molecule has 0 heterocycles. The van der Waals surface area contributed by atoms with Crippen molar-refractivity contribution in [3.05, 3.63) is 28.8 Å². The zero-order chi connectivity index (χ0) is 15.5. The third-order valence-corrected chi connectivity index (χ3v) is 2.49. The van der Waals surface area contributed by atoms with E-state index in [4.69, 9.17) is 16.7 Å². The molecule has 0 aliphatic carbocycles. The number of hydrogen-bond acceptors (Lipinski definition) is 3. The molecule has 0 fully saturated rings. The summed E-state index contributed by atoms with van der Waals surface area (Å²) >= 11 is 5.66. The van der Waals surface area contributed by atoms with Gasteiger partial charge in [0, 0.05) is 0 Å². The Hall–Kier alpha value is -1.96. The number of phenolic OH excluding ortho intramolecular Hbond substituents is 1. The molecule has 0 spiro atoms. The maximum atomic E-state index is 12.3. The number of carboxylic acids is 1. The standard InChI is InChI=1S/C11H9ClF3NO4/c12-8-2-1-6(17)3-7(8)10(20)16(4-9(18)19)5-11(13,14)15/h1-3,17H,4-5H2,(H,18,19). The van der Waals surface area contributed by atoms with Crippen molar-refractivity contribution in [2.75, 3.05) is 13.1 Å². The van der Waals surface area contributed by atoms with Crippen LogP contribution in [0.4, 0.5) is 13.2 Å². The molecule has 0 aliphatic heterocycles. The van der Waals surface area contributed by atoms with Crippen LogP contribution in [0.25, 0.3) is 0 Å². The number of benzene rings is 1. The van der Waals surface area contributed by atoms with Crippen molar-refractivity contribution in [3.8, 4) is 5.75 Å². The summed E-state index contributed by atoms with van der Waals surface area (Å²) in [6, 6.07) is 3.14. The lowest BCUT2D eigenvalue weighted by atomic mass is 10.2. The lowest BCUT2D eigenvalue weighted by molar-refractivity contribution is -0.149. The molecule has 1 aromatic carbocycles. The Morgan fingerprint density at radius 2 is 1.90 bits per heavy atom. The number of aliphatic carboxylic acids is 1. The fourth-order valence-corrected chi connectivity index (χ4v) is 1.63. The molecule has 0 saturated carbocycles. The number of carbonyl (C=O) groups is 2. The highest BCUT2D eigenvalue weighted by Crippen LogP contribution is 2.24. The number of rotatable bonds is 4. The zero-order valence-corrected chi connectivity index (χ0v) is 10.6. The first-order valence-corrected chi connectivity index (χ1v) is 5.54. The quantitative estimate of drug-likeness (QED) is 0.893. The van der Waals surface area contributed by atoms with Crippen molar-refractivity contribution in [3.63, 3.8) is 0 Å². The van der Waals surface area contributed by atoms with Crippen molar-refractivity contribution < 1.29 is 33.0 Å². The number of amides is 1. The molecule has 0 saturated heterocycles. The maximum absolute atomic E-state index is 12.3. The number of carboxylic acid groups (broad SMARTS) is 1. The van der Waals surface area contributed by atoms with Crippen molar-refractivity contribution in [2.24, 2.45) is 0 Å². The third-order valence-electron chi connectivity index (χ3n) is 2.16. The van der Waals surface area contributed by atoms with Gasteiger partial charge >= 0.3 is 12.1 Å². The van der Waals surface area contributed by atoms with Gasteiger partial charge in [-0.15, -0.1) is 0 Å². The second-order valence-electron chi connectivity index (χ2n) is 3.83. The van der Waals surface area contributed by atoms with Gasteiger partial charge in [-0.2, -0.15) is 13.2 Å². The molecule has 0 radical (unpaired) electrons. The van der Waals surface area contributed by atoms with Crippen molar-refractivity contribution in [2.45, 2.75) is 6.18 Å². The minimum absolute atomic E-state index is 0.0863. The van der Waals surface area contributed by atoms with Crippen molar-refractivity contribution in [1.82, 2.24) is 4.90 Å². The lowest BCUT2D eigenvalue weighted by Crippen LogP contribution is -2.42. The van der Waals surface area contributed by atoms with Crippen LogP contribution in [0, 0.1) is 0 Å². The Morgan fingerprint density at radius 3 is 2.40 bits per heavy atom. The van der Waals surface area contributed by atoms with Crippen LogP contribution in [0.5, 0.6) is 5.75 Å². The smallest absolute Gasteiger partial charge is 0.406 e. The molecule has 1 amide bonds. The SMILES string of the molecule is O=C(O)CN(CC(F)(F)F)C(=O)c1cc(O)ccc1Cl. The monoisotopic (exact) mass is 311 g/mol.